The number of hydrogen-bond donors (Lipinski definition) is 1. The molecule has 0 aliphatic carbocycles. The minimum atomic E-state index is -0.0838. The number of nitrogens with zero attached hydrogens (tertiary/aromatic N) is 1. The van der Waals surface area contributed by atoms with Gasteiger partial charge < -0.3 is 0 Å². The van der Waals surface area contributed by atoms with E-state index < -0.39 is 0 Å². The summed E-state index contributed by atoms with van der Waals surface area (Å²) in [7, 11) is 0. The quantitative estimate of drug-likeness (QED) is 0.701. The van der Waals surface area contributed by atoms with E-state index in [4.69, 9.17) is 0 Å². The Bertz CT molecular complexity index is 359. The molecular weight excluding hydrogens is 212 g/mol. The molecule has 1 heterocycles. The lowest BCUT2D eigenvalue weighted by Crippen LogP contribution is -2.10. The first kappa shape index (κ1) is 13.9. The van der Waals surface area contributed by atoms with Crippen LogP contribution in [0.25, 0.3) is 0 Å². The molecule has 0 spiro atoms. The highest BCUT2D eigenvalue weighted by molar-refractivity contribution is 5.12. The Kier molecular flexibility index (Phi) is 6.60. The van der Waals surface area contributed by atoms with Gasteiger partial charge in [0.2, 0.25) is 0 Å². The van der Waals surface area contributed by atoms with Crippen LogP contribution in [0.2, 0.25) is 0 Å². The van der Waals surface area contributed by atoms with E-state index in [-0.39, 0.29) is 5.56 Å². The number of rotatable bonds is 8. The van der Waals surface area contributed by atoms with Gasteiger partial charge in [-0.25, -0.2) is 5.10 Å². The molecule has 0 amide bonds. The van der Waals surface area contributed by atoms with Crippen LogP contribution in [0.3, 0.4) is 0 Å². The van der Waals surface area contributed by atoms with Crippen molar-refractivity contribution in [3.63, 3.8) is 0 Å². The lowest BCUT2D eigenvalue weighted by molar-refractivity contribution is 0.512. The summed E-state index contributed by atoms with van der Waals surface area (Å²) in [6.07, 6.45) is 10.4. The van der Waals surface area contributed by atoms with Crippen LogP contribution in [0.15, 0.2) is 17.1 Å². The number of H-pyrrole nitrogens is 1. The fourth-order valence-electron chi connectivity index (χ4n) is 2.18. The minimum absolute atomic E-state index is 0.0838. The van der Waals surface area contributed by atoms with Gasteiger partial charge >= 0.3 is 0 Å². The Balaban J connectivity index is 2.64. The Morgan fingerprint density at radius 3 is 2.53 bits per heavy atom. The third-order valence-corrected chi connectivity index (χ3v) is 3.22. The summed E-state index contributed by atoms with van der Waals surface area (Å²) < 4.78 is 0. The predicted molar refractivity (Wildman–Crippen MR) is 71.3 cm³/mol. The standard InChI is InChI=1S/C14H24N2O/c1-3-5-7-9-12(8-6-4-2)13-10-14(17)16-15-11-13/h10-12H,3-9H2,1-2H3,(H,16,17). The number of hydrogen-bond acceptors (Lipinski definition) is 2. The van der Waals surface area contributed by atoms with E-state index in [9.17, 15) is 4.79 Å². The maximum atomic E-state index is 11.3. The van der Waals surface area contributed by atoms with Crippen LogP contribution in [0.4, 0.5) is 0 Å². The summed E-state index contributed by atoms with van der Waals surface area (Å²) in [5.41, 5.74) is 1.03. The van der Waals surface area contributed by atoms with Gasteiger partial charge in [0.15, 0.2) is 0 Å². The third kappa shape index (κ3) is 5.16. The number of unbranched alkanes of at least 4 members (excludes halogenated alkanes) is 3. The molecule has 0 bridgehead atoms. The second-order valence-electron chi connectivity index (χ2n) is 4.71. The van der Waals surface area contributed by atoms with E-state index in [0.717, 1.165) is 5.56 Å². The Labute approximate surface area is 104 Å². The van der Waals surface area contributed by atoms with Gasteiger partial charge in [0.25, 0.3) is 5.56 Å². The first-order chi connectivity index (χ1) is 8.27. The molecule has 0 aliphatic rings. The fourth-order valence-corrected chi connectivity index (χ4v) is 2.18. The molecule has 3 nitrogen and oxygen atoms in total. The van der Waals surface area contributed by atoms with Crippen molar-refractivity contribution in [1.82, 2.24) is 10.2 Å². The van der Waals surface area contributed by atoms with Crippen LogP contribution in [0.5, 0.6) is 0 Å². The van der Waals surface area contributed by atoms with E-state index in [1.54, 1.807) is 6.07 Å². The Hall–Kier alpha value is -1.12. The molecule has 0 aliphatic heterocycles. The van der Waals surface area contributed by atoms with Crippen molar-refractivity contribution in [2.24, 2.45) is 0 Å². The van der Waals surface area contributed by atoms with E-state index in [0.29, 0.717) is 5.92 Å². The summed E-state index contributed by atoms with van der Waals surface area (Å²) in [6, 6.07) is 1.71. The highest BCUT2D eigenvalue weighted by atomic mass is 16.1. The summed E-state index contributed by atoms with van der Waals surface area (Å²) in [5.74, 6) is 0.510. The average molecular weight is 236 g/mol. The zero-order chi connectivity index (χ0) is 12.5. The predicted octanol–water partition coefficient (Wildman–Crippen LogP) is 3.62. The maximum Gasteiger partial charge on any atom is 0.264 e. The SMILES string of the molecule is CCCCCC(CCCC)c1cn[nH]c(=O)c1. The second-order valence-corrected chi connectivity index (χ2v) is 4.71. The van der Waals surface area contributed by atoms with Gasteiger partial charge in [-0.2, -0.15) is 5.10 Å². The van der Waals surface area contributed by atoms with Crippen LogP contribution in [-0.4, -0.2) is 10.2 Å². The monoisotopic (exact) mass is 236 g/mol. The molecule has 1 rings (SSSR count). The summed E-state index contributed by atoms with van der Waals surface area (Å²) >= 11 is 0. The van der Waals surface area contributed by atoms with Crippen molar-refractivity contribution in [3.8, 4) is 0 Å². The van der Waals surface area contributed by atoms with E-state index >= 15 is 0 Å². The van der Waals surface area contributed by atoms with E-state index in [1.165, 1.54) is 44.9 Å². The number of nitrogens with one attached hydrogen (secondary N) is 1. The van der Waals surface area contributed by atoms with E-state index in [1.807, 2.05) is 6.20 Å². The van der Waals surface area contributed by atoms with Crippen molar-refractivity contribution in [2.75, 3.05) is 0 Å². The first-order valence-electron chi connectivity index (χ1n) is 6.82. The van der Waals surface area contributed by atoms with Crippen molar-refractivity contribution >= 4 is 0 Å². The highest BCUT2D eigenvalue weighted by Gasteiger charge is 2.11. The highest BCUT2D eigenvalue weighted by Crippen LogP contribution is 2.26. The third-order valence-electron chi connectivity index (χ3n) is 3.22. The molecular formula is C14H24N2O. The molecule has 0 aromatic carbocycles. The topological polar surface area (TPSA) is 45.8 Å². The molecule has 1 N–H and O–H groups in total. The van der Waals surface area contributed by atoms with Crippen LogP contribution >= 0.6 is 0 Å². The van der Waals surface area contributed by atoms with Gasteiger partial charge in [0.05, 0.1) is 6.20 Å². The Morgan fingerprint density at radius 2 is 1.88 bits per heavy atom. The van der Waals surface area contributed by atoms with Crippen LogP contribution < -0.4 is 5.56 Å². The van der Waals surface area contributed by atoms with Crippen molar-refractivity contribution in [1.29, 1.82) is 0 Å². The lowest BCUT2D eigenvalue weighted by atomic mass is 9.90. The zero-order valence-electron chi connectivity index (χ0n) is 11.0. The molecule has 3 heteroatoms. The summed E-state index contributed by atoms with van der Waals surface area (Å²) in [6.45, 7) is 4.43. The van der Waals surface area contributed by atoms with E-state index in [2.05, 4.69) is 24.0 Å². The zero-order valence-corrected chi connectivity index (χ0v) is 11.0. The second kappa shape index (κ2) is 8.04. The molecule has 96 valence electrons. The van der Waals surface area contributed by atoms with Gasteiger partial charge in [-0.15, -0.1) is 0 Å². The number of aromatic amines is 1. The molecule has 0 saturated heterocycles. The normalized spacial score (nSPS) is 12.6. The Morgan fingerprint density at radius 1 is 1.18 bits per heavy atom. The average Bonchev–Trinajstić information content (AvgIpc) is 2.33. The van der Waals surface area contributed by atoms with Crippen molar-refractivity contribution in [2.45, 2.75) is 64.7 Å². The molecule has 1 aromatic heterocycles. The van der Waals surface area contributed by atoms with Crippen LogP contribution in [0, 0.1) is 0 Å². The molecule has 0 fully saturated rings. The molecule has 1 aromatic rings. The van der Waals surface area contributed by atoms with Gasteiger partial charge in [-0.1, -0.05) is 46.0 Å². The number of aromatic nitrogens is 2. The van der Waals surface area contributed by atoms with Crippen LogP contribution in [-0.2, 0) is 0 Å². The molecule has 1 unspecified atom stereocenters. The van der Waals surface area contributed by atoms with Gasteiger partial charge in [0, 0.05) is 6.07 Å². The smallest absolute Gasteiger partial charge is 0.264 e. The molecule has 0 saturated carbocycles. The summed E-state index contributed by atoms with van der Waals surface area (Å²) in [5, 5.41) is 6.35. The van der Waals surface area contributed by atoms with Crippen LogP contribution in [0.1, 0.15) is 70.3 Å². The molecule has 0 radical (unpaired) electrons. The minimum Gasteiger partial charge on any atom is -0.268 e. The fraction of sp³-hybridized carbons (Fsp3) is 0.714. The largest absolute Gasteiger partial charge is 0.268 e. The van der Waals surface area contributed by atoms with Crippen molar-refractivity contribution < 1.29 is 0 Å². The van der Waals surface area contributed by atoms with Crippen molar-refractivity contribution in [3.05, 3.63) is 28.2 Å². The van der Waals surface area contributed by atoms with Gasteiger partial charge in [-0.05, 0) is 24.3 Å². The summed E-state index contributed by atoms with van der Waals surface area (Å²) in [4.78, 5) is 11.3. The van der Waals surface area contributed by atoms with Gasteiger partial charge in [0.1, 0.15) is 0 Å². The maximum absolute atomic E-state index is 11.3. The molecule has 17 heavy (non-hydrogen) atoms. The van der Waals surface area contributed by atoms with Gasteiger partial charge in [-0.3, -0.25) is 4.79 Å². The molecule has 1 atom stereocenters. The lowest BCUT2D eigenvalue weighted by Gasteiger charge is -2.16. The first-order valence-corrected chi connectivity index (χ1v) is 6.82.